The molecule has 27 heavy (non-hydrogen) atoms. The van der Waals surface area contributed by atoms with E-state index < -0.39 is 10.0 Å². The predicted molar refractivity (Wildman–Crippen MR) is 105 cm³/mol. The van der Waals surface area contributed by atoms with Crippen molar-refractivity contribution in [3.05, 3.63) is 29.8 Å². The molecule has 1 amide bonds. The third-order valence-corrected chi connectivity index (χ3v) is 7.23. The van der Waals surface area contributed by atoms with Crippen LogP contribution in [0.25, 0.3) is 0 Å². The lowest BCUT2D eigenvalue weighted by molar-refractivity contribution is -0.126. The Labute approximate surface area is 162 Å². The molecule has 7 nitrogen and oxygen atoms in total. The second-order valence-corrected chi connectivity index (χ2v) is 9.34. The van der Waals surface area contributed by atoms with Gasteiger partial charge in [-0.1, -0.05) is 17.7 Å². The third-order valence-electron chi connectivity index (χ3n) is 5.35. The first-order valence-corrected chi connectivity index (χ1v) is 11.2. The van der Waals surface area contributed by atoms with E-state index in [9.17, 15) is 13.2 Å². The molecule has 0 radical (unpaired) electrons. The second-order valence-electron chi connectivity index (χ2n) is 7.40. The molecule has 0 aliphatic carbocycles. The van der Waals surface area contributed by atoms with Crippen molar-refractivity contribution in [1.29, 1.82) is 0 Å². The molecule has 1 atom stereocenters. The maximum atomic E-state index is 12.9. The highest BCUT2D eigenvalue weighted by Gasteiger charge is 2.33. The zero-order valence-corrected chi connectivity index (χ0v) is 16.8. The van der Waals surface area contributed by atoms with E-state index in [1.807, 2.05) is 6.92 Å². The zero-order valence-electron chi connectivity index (χ0n) is 16.0. The molecule has 1 unspecified atom stereocenters. The average molecular weight is 395 g/mol. The fourth-order valence-corrected chi connectivity index (χ4v) is 5.17. The van der Waals surface area contributed by atoms with Crippen molar-refractivity contribution in [2.75, 3.05) is 52.4 Å². The first-order chi connectivity index (χ1) is 13.0. The highest BCUT2D eigenvalue weighted by atomic mass is 32.2. The van der Waals surface area contributed by atoms with E-state index in [2.05, 4.69) is 15.5 Å². The van der Waals surface area contributed by atoms with Crippen molar-refractivity contribution < 1.29 is 13.2 Å². The summed E-state index contributed by atoms with van der Waals surface area (Å²) in [4.78, 5) is 15.2. The summed E-state index contributed by atoms with van der Waals surface area (Å²) in [5.41, 5.74) is 1.02. The first-order valence-electron chi connectivity index (χ1n) is 9.74. The van der Waals surface area contributed by atoms with Crippen molar-refractivity contribution in [2.45, 2.75) is 24.7 Å². The zero-order chi connectivity index (χ0) is 19.3. The molecule has 2 saturated heterocycles. The molecule has 3 rings (SSSR count). The van der Waals surface area contributed by atoms with Crippen LogP contribution in [0.5, 0.6) is 0 Å². The normalized spacial score (nSPS) is 22.5. The molecular formula is C19H30N4O3S. The van der Waals surface area contributed by atoms with Crippen LogP contribution < -0.4 is 10.6 Å². The molecule has 1 aromatic rings. The van der Waals surface area contributed by atoms with Gasteiger partial charge in [0, 0.05) is 52.4 Å². The Morgan fingerprint density at radius 1 is 1.19 bits per heavy atom. The lowest BCUT2D eigenvalue weighted by atomic mass is 9.99. The van der Waals surface area contributed by atoms with E-state index in [4.69, 9.17) is 0 Å². The number of amides is 1. The van der Waals surface area contributed by atoms with E-state index in [1.165, 1.54) is 4.31 Å². The molecular weight excluding hydrogens is 364 g/mol. The number of hydrogen-bond acceptors (Lipinski definition) is 5. The molecule has 2 heterocycles. The van der Waals surface area contributed by atoms with E-state index in [1.54, 1.807) is 24.3 Å². The summed E-state index contributed by atoms with van der Waals surface area (Å²) >= 11 is 0. The van der Waals surface area contributed by atoms with Crippen LogP contribution in [0.4, 0.5) is 0 Å². The molecule has 1 aromatic carbocycles. The number of sulfonamides is 1. The van der Waals surface area contributed by atoms with Crippen LogP contribution in [0.2, 0.25) is 0 Å². The van der Waals surface area contributed by atoms with Gasteiger partial charge in [0.25, 0.3) is 0 Å². The Kier molecular flexibility index (Phi) is 6.86. The van der Waals surface area contributed by atoms with E-state index in [0.717, 1.165) is 44.7 Å². The van der Waals surface area contributed by atoms with Gasteiger partial charge in [0.2, 0.25) is 15.9 Å². The monoisotopic (exact) mass is 394 g/mol. The highest BCUT2D eigenvalue weighted by molar-refractivity contribution is 7.89. The molecule has 8 heteroatoms. The van der Waals surface area contributed by atoms with Crippen LogP contribution in [0, 0.1) is 12.8 Å². The van der Waals surface area contributed by atoms with E-state index in [-0.39, 0.29) is 18.4 Å². The maximum absolute atomic E-state index is 12.9. The van der Waals surface area contributed by atoms with Gasteiger partial charge in [-0.05, 0) is 31.9 Å². The Hall–Kier alpha value is -1.48. The van der Waals surface area contributed by atoms with Crippen molar-refractivity contribution in [3.8, 4) is 0 Å². The smallest absolute Gasteiger partial charge is 0.243 e. The Bertz CT molecular complexity index is 730. The number of nitrogens with one attached hydrogen (secondary N) is 2. The topological polar surface area (TPSA) is 81.8 Å². The summed E-state index contributed by atoms with van der Waals surface area (Å²) in [5.74, 6) is -0.309. The molecule has 0 bridgehead atoms. The average Bonchev–Trinajstić information content (AvgIpc) is 2.69. The fourth-order valence-electron chi connectivity index (χ4n) is 3.65. The van der Waals surface area contributed by atoms with Gasteiger partial charge in [-0.3, -0.25) is 9.69 Å². The molecule has 2 N–H and O–H groups in total. The van der Waals surface area contributed by atoms with Gasteiger partial charge in [0.1, 0.15) is 0 Å². The van der Waals surface area contributed by atoms with Crippen LogP contribution >= 0.6 is 0 Å². The Morgan fingerprint density at radius 3 is 2.59 bits per heavy atom. The van der Waals surface area contributed by atoms with E-state index >= 15 is 0 Å². The molecule has 0 spiro atoms. The third kappa shape index (κ3) is 5.28. The SMILES string of the molecule is Cc1ccc(S(=O)(=O)N2CCCC(C(=O)NCCN3CCNCC3)C2)cc1. The second kappa shape index (κ2) is 9.14. The minimum Gasteiger partial charge on any atom is -0.355 e. The number of hydrogen-bond donors (Lipinski definition) is 2. The number of benzene rings is 1. The van der Waals surface area contributed by atoms with E-state index in [0.29, 0.717) is 24.4 Å². The first kappa shape index (κ1) is 20.3. The van der Waals surface area contributed by atoms with Gasteiger partial charge in [0.15, 0.2) is 0 Å². The molecule has 0 saturated carbocycles. The van der Waals surface area contributed by atoms with Gasteiger partial charge in [-0.15, -0.1) is 0 Å². The number of piperazine rings is 1. The lowest BCUT2D eigenvalue weighted by Crippen LogP contribution is -2.48. The predicted octanol–water partition coefficient (Wildman–Crippen LogP) is 0.417. The summed E-state index contributed by atoms with van der Waals surface area (Å²) in [6, 6.07) is 6.89. The van der Waals surface area contributed by atoms with Crippen LogP contribution in [0.3, 0.4) is 0 Å². The van der Waals surface area contributed by atoms with Crippen LogP contribution in [-0.4, -0.2) is 75.9 Å². The van der Waals surface area contributed by atoms with Crippen LogP contribution in [0.1, 0.15) is 18.4 Å². The van der Waals surface area contributed by atoms with Gasteiger partial charge >= 0.3 is 0 Å². The van der Waals surface area contributed by atoms with Crippen molar-refractivity contribution in [3.63, 3.8) is 0 Å². The summed E-state index contributed by atoms with van der Waals surface area (Å²) in [5, 5.41) is 6.31. The number of piperidine rings is 1. The Morgan fingerprint density at radius 2 is 1.89 bits per heavy atom. The summed E-state index contributed by atoms with van der Waals surface area (Å²) in [7, 11) is -3.54. The lowest BCUT2D eigenvalue weighted by Gasteiger charge is -2.31. The van der Waals surface area contributed by atoms with Gasteiger partial charge in [0.05, 0.1) is 10.8 Å². The summed E-state index contributed by atoms with van der Waals surface area (Å²) < 4.78 is 27.2. The van der Waals surface area contributed by atoms with Gasteiger partial charge in [-0.25, -0.2) is 8.42 Å². The number of rotatable bonds is 6. The number of carbonyl (C=O) groups excluding carboxylic acids is 1. The van der Waals surface area contributed by atoms with Gasteiger partial charge in [-0.2, -0.15) is 4.31 Å². The van der Waals surface area contributed by atoms with Gasteiger partial charge < -0.3 is 10.6 Å². The number of nitrogens with zero attached hydrogens (tertiary/aromatic N) is 2. The largest absolute Gasteiger partial charge is 0.355 e. The molecule has 0 aromatic heterocycles. The quantitative estimate of drug-likeness (QED) is 0.731. The summed E-state index contributed by atoms with van der Waals surface area (Å²) in [6.45, 7) is 8.09. The Balaban J connectivity index is 1.53. The maximum Gasteiger partial charge on any atom is 0.243 e. The van der Waals surface area contributed by atoms with Crippen LogP contribution in [0.15, 0.2) is 29.2 Å². The molecule has 2 fully saturated rings. The standard InChI is InChI=1S/C19H30N4O3S/c1-16-4-6-18(7-5-16)27(25,26)23-11-2-3-17(15-23)19(24)21-10-14-22-12-8-20-9-13-22/h4-7,17,20H,2-3,8-15H2,1H3,(H,21,24). The fraction of sp³-hybridized carbons (Fsp3) is 0.632. The van der Waals surface area contributed by atoms with Crippen molar-refractivity contribution in [1.82, 2.24) is 19.8 Å². The number of carbonyl (C=O) groups is 1. The molecule has 150 valence electrons. The van der Waals surface area contributed by atoms with Crippen molar-refractivity contribution in [2.24, 2.45) is 5.92 Å². The van der Waals surface area contributed by atoms with Crippen molar-refractivity contribution >= 4 is 15.9 Å². The number of aryl methyl sites for hydroxylation is 1. The van der Waals surface area contributed by atoms with Crippen LogP contribution in [-0.2, 0) is 14.8 Å². The summed E-state index contributed by atoms with van der Waals surface area (Å²) in [6.07, 6.45) is 1.44. The molecule has 2 aliphatic rings. The molecule has 2 aliphatic heterocycles. The minimum absolute atomic E-state index is 0.0334. The highest BCUT2D eigenvalue weighted by Crippen LogP contribution is 2.24. The minimum atomic E-state index is -3.54.